The molecular weight excluding hydrogens is 284 g/mol. The zero-order valence-corrected chi connectivity index (χ0v) is 12.9. The van der Waals surface area contributed by atoms with E-state index in [2.05, 4.69) is 4.72 Å². The van der Waals surface area contributed by atoms with Crippen molar-refractivity contribution in [3.05, 3.63) is 48.5 Å². The highest BCUT2D eigenvalue weighted by Crippen LogP contribution is 2.26. The quantitative estimate of drug-likeness (QED) is 0.636. The lowest BCUT2D eigenvalue weighted by Crippen LogP contribution is -2.24. The van der Waals surface area contributed by atoms with Crippen LogP contribution in [0.25, 0.3) is 11.1 Å². The van der Waals surface area contributed by atoms with Crippen LogP contribution in [-0.2, 0) is 10.0 Å². The average Bonchev–Trinajstić information content (AvgIpc) is 2.48. The summed E-state index contributed by atoms with van der Waals surface area (Å²) in [6.07, 6.45) is 1.78. The van der Waals surface area contributed by atoms with Crippen molar-refractivity contribution in [3.8, 4) is 11.1 Å². The summed E-state index contributed by atoms with van der Waals surface area (Å²) < 4.78 is 26.8. The second kappa shape index (κ2) is 6.74. The first-order chi connectivity index (χ1) is 10.0. The lowest BCUT2D eigenvalue weighted by Gasteiger charge is -2.08. The van der Waals surface area contributed by atoms with Crippen LogP contribution in [0.2, 0.25) is 0 Å². The number of hydrogen-bond donors (Lipinski definition) is 2. The van der Waals surface area contributed by atoms with Gasteiger partial charge < -0.3 is 5.73 Å². The number of rotatable bonds is 6. The van der Waals surface area contributed by atoms with Crippen molar-refractivity contribution in [2.45, 2.75) is 24.7 Å². The minimum absolute atomic E-state index is 0.275. The van der Waals surface area contributed by atoms with Gasteiger partial charge in [0.25, 0.3) is 0 Å². The maximum atomic E-state index is 12.1. The second-order valence-corrected chi connectivity index (χ2v) is 6.63. The van der Waals surface area contributed by atoms with Gasteiger partial charge in [-0.25, -0.2) is 13.1 Å². The van der Waals surface area contributed by atoms with E-state index >= 15 is 0 Å². The molecule has 0 aliphatic rings. The fraction of sp³-hybridized carbons (Fsp3) is 0.250. The Bertz CT molecular complexity index is 694. The van der Waals surface area contributed by atoms with Crippen molar-refractivity contribution in [2.24, 2.45) is 0 Å². The molecule has 0 atom stereocenters. The minimum Gasteiger partial charge on any atom is -0.398 e. The Morgan fingerprint density at radius 2 is 1.71 bits per heavy atom. The highest BCUT2D eigenvalue weighted by atomic mass is 32.2. The molecule has 2 rings (SSSR count). The summed E-state index contributed by atoms with van der Waals surface area (Å²) in [6, 6.07) is 14.3. The Kier molecular flexibility index (Phi) is 4.98. The first kappa shape index (κ1) is 15.5. The highest BCUT2D eigenvalue weighted by Gasteiger charge is 2.13. The van der Waals surface area contributed by atoms with Crippen LogP contribution in [0.15, 0.2) is 53.4 Å². The zero-order valence-electron chi connectivity index (χ0n) is 12.0. The molecule has 0 heterocycles. The van der Waals surface area contributed by atoms with Gasteiger partial charge in [0.15, 0.2) is 0 Å². The lowest BCUT2D eigenvalue weighted by atomic mass is 10.0. The SMILES string of the molecule is CCCCNS(=O)(=O)c1ccc(-c2ccccc2N)cc1. The molecule has 5 heteroatoms. The molecular formula is C16H20N2O2S. The summed E-state index contributed by atoms with van der Waals surface area (Å²) in [5.41, 5.74) is 8.41. The van der Waals surface area contributed by atoms with Crippen LogP contribution < -0.4 is 10.5 Å². The monoisotopic (exact) mass is 304 g/mol. The lowest BCUT2D eigenvalue weighted by molar-refractivity contribution is 0.578. The molecule has 0 aliphatic heterocycles. The normalized spacial score (nSPS) is 11.5. The Labute approximate surface area is 126 Å². The van der Waals surface area contributed by atoms with Crippen molar-refractivity contribution in [2.75, 3.05) is 12.3 Å². The van der Waals surface area contributed by atoms with Crippen molar-refractivity contribution in [3.63, 3.8) is 0 Å². The highest BCUT2D eigenvalue weighted by molar-refractivity contribution is 7.89. The molecule has 0 fully saturated rings. The zero-order chi connectivity index (χ0) is 15.3. The maximum absolute atomic E-state index is 12.1. The predicted octanol–water partition coefficient (Wildman–Crippen LogP) is 3.01. The third-order valence-electron chi connectivity index (χ3n) is 3.26. The van der Waals surface area contributed by atoms with E-state index in [9.17, 15) is 8.42 Å². The standard InChI is InChI=1S/C16H20N2O2S/c1-2-3-12-18-21(19,20)14-10-8-13(9-11-14)15-6-4-5-7-16(15)17/h4-11,18H,2-3,12,17H2,1H3. The number of sulfonamides is 1. The second-order valence-electron chi connectivity index (χ2n) is 4.86. The van der Waals surface area contributed by atoms with E-state index in [-0.39, 0.29) is 4.90 Å². The van der Waals surface area contributed by atoms with Gasteiger partial charge in [-0.05, 0) is 30.2 Å². The van der Waals surface area contributed by atoms with Crippen LogP contribution >= 0.6 is 0 Å². The van der Waals surface area contributed by atoms with Crippen LogP contribution in [0.4, 0.5) is 5.69 Å². The van der Waals surface area contributed by atoms with Crippen LogP contribution in [-0.4, -0.2) is 15.0 Å². The van der Waals surface area contributed by atoms with Crippen LogP contribution in [0.3, 0.4) is 0 Å². The molecule has 0 saturated heterocycles. The molecule has 112 valence electrons. The summed E-state index contributed by atoms with van der Waals surface area (Å²) in [5.74, 6) is 0. The number of hydrogen-bond acceptors (Lipinski definition) is 3. The molecule has 0 aliphatic carbocycles. The van der Waals surface area contributed by atoms with E-state index in [4.69, 9.17) is 5.73 Å². The summed E-state index contributed by atoms with van der Waals surface area (Å²) in [6.45, 7) is 2.49. The van der Waals surface area contributed by atoms with Crippen molar-refractivity contribution >= 4 is 15.7 Å². The van der Waals surface area contributed by atoms with Gasteiger partial charge in [0.1, 0.15) is 0 Å². The predicted molar refractivity (Wildman–Crippen MR) is 86.4 cm³/mol. The Balaban J connectivity index is 2.21. The Hall–Kier alpha value is -1.85. The molecule has 4 nitrogen and oxygen atoms in total. The molecule has 0 saturated carbocycles. The fourth-order valence-electron chi connectivity index (χ4n) is 2.04. The molecule has 0 bridgehead atoms. The molecule has 21 heavy (non-hydrogen) atoms. The first-order valence-electron chi connectivity index (χ1n) is 6.99. The Morgan fingerprint density at radius 1 is 1.05 bits per heavy atom. The van der Waals surface area contributed by atoms with E-state index in [1.54, 1.807) is 24.3 Å². The minimum atomic E-state index is -3.42. The molecule has 0 unspecified atom stereocenters. The van der Waals surface area contributed by atoms with Gasteiger partial charge in [0, 0.05) is 17.8 Å². The number of nitrogen functional groups attached to an aromatic ring is 1. The third kappa shape index (κ3) is 3.83. The van der Waals surface area contributed by atoms with Gasteiger partial charge in [0.2, 0.25) is 10.0 Å². The van der Waals surface area contributed by atoms with Gasteiger partial charge >= 0.3 is 0 Å². The molecule has 0 spiro atoms. The first-order valence-corrected chi connectivity index (χ1v) is 8.47. The van der Waals surface area contributed by atoms with Gasteiger partial charge in [-0.3, -0.25) is 0 Å². The smallest absolute Gasteiger partial charge is 0.240 e. The Morgan fingerprint density at radius 3 is 2.33 bits per heavy atom. The summed E-state index contributed by atoms with van der Waals surface area (Å²) in [5, 5.41) is 0. The topological polar surface area (TPSA) is 72.2 Å². The van der Waals surface area contributed by atoms with E-state index in [1.807, 2.05) is 31.2 Å². The molecule has 2 aromatic rings. The maximum Gasteiger partial charge on any atom is 0.240 e. The van der Waals surface area contributed by atoms with Gasteiger partial charge in [-0.1, -0.05) is 43.7 Å². The van der Waals surface area contributed by atoms with Crippen LogP contribution in [0, 0.1) is 0 Å². The van der Waals surface area contributed by atoms with Crippen molar-refractivity contribution in [1.29, 1.82) is 0 Å². The number of nitrogens with one attached hydrogen (secondary N) is 1. The molecule has 2 aromatic carbocycles. The fourth-order valence-corrected chi connectivity index (χ4v) is 3.11. The van der Waals surface area contributed by atoms with Crippen molar-refractivity contribution < 1.29 is 8.42 Å². The van der Waals surface area contributed by atoms with E-state index < -0.39 is 10.0 Å². The van der Waals surface area contributed by atoms with Crippen LogP contribution in [0.5, 0.6) is 0 Å². The number of benzene rings is 2. The van der Waals surface area contributed by atoms with Gasteiger partial charge in [-0.15, -0.1) is 0 Å². The number of anilines is 1. The van der Waals surface area contributed by atoms with Gasteiger partial charge in [0.05, 0.1) is 4.90 Å². The summed E-state index contributed by atoms with van der Waals surface area (Å²) in [4.78, 5) is 0.275. The van der Waals surface area contributed by atoms with Crippen LogP contribution in [0.1, 0.15) is 19.8 Å². The summed E-state index contributed by atoms with van der Waals surface area (Å²) in [7, 11) is -3.42. The summed E-state index contributed by atoms with van der Waals surface area (Å²) >= 11 is 0. The van der Waals surface area contributed by atoms with E-state index in [0.717, 1.165) is 24.0 Å². The molecule has 0 aromatic heterocycles. The van der Waals surface area contributed by atoms with E-state index in [0.29, 0.717) is 12.2 Å². The van der Waals surface area contributed by atoms with E-state index in [1.165, 1.54) is 0 Å². The number of nitrogens with two attached hydrogens (primary N) is 1. The number of unbranched alkanes of at least 4 members (excludes halogenated alkanes) is 1. The third-order valence-corrected chi connectivity index (χ3v) is 4.74. The molecule has 3 N–H and O–H groups in total. The molecule has 0 amide bonds. The van der Waals surface area contributed by atoms with Crippen molar-refractivity contribution in [1.82, 2.24) is 4.72 Å². The molecule has 0 radical (unpaired) electrons. The van der Waals surface area contributed by atoms with Gasteiger partial charge in [-0.2, -0.15) is 0 Å². The number of para-hydroxylation sites is 1. The largest absolute Gasteiger partial charge is 0.398 e. The average molecular weight is 304 g/mol.